The lowest BCUT2D eigenvalue weighted by molar-refractivity contribution is -0.133. The molecule has 1 saturated carbocycles. The minimum atomic E-state index is -0.380. The second kappa shape index (κ2) is 11.1. The molecule has 0 radical (unpaired) electrons. The normalized spacial score (nSPS) is 14.7. The van der Waals surface area contributed by atoms with Crippen LogP contribution in [0.15, 0.2) is 35.7 Å². The van der Waals surface area contributed by atoms with Crippen LogP contribution >= 0.6 is 11.3 Å². The summed E-state index contributed by atoms with van der Waals surface area (Å²) < 4.78 is 13.4. The Morgan fingerprint density at radius 2 is 1.73 bits per heavy atom. The molecule has 1 aliphatic rings. The molecular weight excluding hydrogens is 437 g/mol. The van der Waals surface area contributed by atoms with Crippen LogP contribution in [0.3, 0.4) is 0 Å². The monoisotopic (exact) mass is 473 g/mol. The Bertz CT molecular complexity index is 930. The minimum absolute atomic E-state index is 0.0399. The Morgan fingerprint density at radius 3 is 2.30 bits per heavy atom. The Morgan fingerprint density at radius 1 is 1.06 bits per heavy atom. The highest BCUT2D eigenvalue weighted by molar-refractivity contribution is 7.10. The number of hydrogen-bond donors (Lipinski definition) is 1. The number of hydrogen-bond acceptors (Lipinski definition) is 3. The zero-order valence-electron chi connectivity index (χ0n) is 20.2. The molecule has 0 unspecified atom stereocenters. The van der Waals surface area contributed by atoms with Gasteiger partial charge in [-0.05, 0) is 75.2 Å². The highest BCUT2D eigenvalue weighted by atomic mass is 32.1. The van der Waals surface area contributed by atoms with Crippen LogP contribution in [0.1, 0.15) is 68.9 Å². The molecule has 1 fully saturated rings. The first-order chi connectivity index (χ1) is 15.6. The van der Waals surface area contributed by atoms with Gasteiger partial charge in [-0.25, -0.2) is 9.18 Å². The van der Waals surface area contributed by atoms with Gasteiger partial charge in [0, 0.05) is 23.0 Å². The van der Waals surface area contributed by atoms with Crippen LogP contribution in [0, 0.1) is 12.7 Å². The predicted molar refractivity (Wildman–Crippen MR) is 132 cm³/mol. The quantitative estimate of drug-likeness (QED) is 0.547. The summed E-state index contributed by atoms with van der Waals surface area (Å²) in [7, 11) is 0. The number of nitrogens with one attached hydrogen (secondary N) is 1. The van der Waals surface area contributed by atoms with E-state index in [4.69, 9.17) is 0 Å². The van der Waals surface area contributed by atoms with E-state index in [1.807, 2.05) is 39.1 Å². The predicted octanol–water partition coefficient (Wildman–Crippen LogP) is 5.87. The SMILES string of the molecule is Cc1ccsc1CN(Cc1ccc(F)cc1)C(=O)CN(C(=O)NC(C)(C)C)C1CCCCC1. The minimum Gasteiger partial charge on any atom is -0.333 e. The van der Waals surface area contributed by atoms with Gasteiger partial charge in [0.05, 0.1) is 6.54 Å². The van der Waals surface area contributed by atoms with Crippen molar-refractivity contribution in [3.05, 3.63) is 57.5 Å². The van der Waals surface area contributed by atoms with Crippen LogP contribution in [0.4, 0.5) is 9.18 Å². The number of carbonyl (C=O) groups excluding carboxylic acids is 2. The third kappa shape index (κ3) is 7.56. The fourth-order valence-electron chi connectivity index (χ4n) is 4.18. The standard InChI is InChI=1S/C26H36FN3O2S/c1-19-14-15-33-23(19)17-29(16-20-10-12-21(27)13-11-20)24(31)18-30(22-8-6-5-7-9-22)25(32)28-26(2,3)4/h10-15,22H,5-9,16-18H2,1-4H3,(H,28,32). The van der Waals surface area contributed by atoms with Crippen molar-refractivity contribution in [1.29, 1.82) is 0 Å². The van der Waals surface area contributed by atoms with Gasteiger partial charge < -0.3 is 15.1 Å². The number of aryl methyl sites for hydroxylation is 1. The fraction of sp³-hybridized carbons (Fsp3) is 0.538. The van der Waals surface area contributed by atoms with Gasteiger partial charge in [0.2, 0.25) is 5.91 Å². The van der Waals surface area contributed by atoms with Crippen molar-refractivity contribution in [2.24, 2.45) is 0 Å². The lowest BCUT2D eigenvalue weighted by atomic mass is 9.94. The van der Waals surface area contributed by atoms with Gasteiger partial charge in [-0.2, -0.15) is 0 Å². The van der Waals surface area contributed by atoms with Gasteiger partial charge in [-0.15, -0.1) is 11.3 Å². The first kappa shape index (κ1) is 25.2. The summed E-state index contributed by atoms with van der Waals surface area (Å²) in [6, 6.07) is 8.19. The maximum atomic E-state index is 13.6. The van der Waals surface area contributed by atoms with Crippen molar-refractivity contribution in [1.82, 2.24) is 15.1 Å². The van der Waals surface area contributed by atoms with Crippen LogP contribution in [-0.4, -0.2) is 39.9 Å². The Labute approximate surface area is 201 Å². The molecule has 7 heteroatoms. The molecule has 0 bridgehead atoms. The van der Waals surface area contributed by atoms with E-state index in [1.165, 1.54) is 18.6 Å². The highest BCUT2D eigenvalue weighted by Gasteiger charge is 2.31. The fourth-order valence-corrected chi connectivity index (χ4v) is 5.10. The van der Waals surface area contributed by atoms with Gasteiger partial charge in [0.15, 0.2) is 0 Å². The van der Waals surface area contributed by atoms with E-state index in [9.17, 15) is 14.0 Å². The van der Waals surface area contributed by atoms with E-state index < -0.39 is 0 Å². The molecule has 180 valence electrons. The zero-order valence-corrected chi connectivity index (χ0v) is 21.0. The largest absolute Gasteiger partial charge is 0.333 e. The average Bonchev–Trinajstić information content (AvgIpc) is 3.16. The van der Waals surface area contributed by atoms with Crippen LogP contribution in [0.2, 0.25) is 0 Å². The van der Waals surface area contributed by atoms with Gasteiger partial charge in [0.25, 0.3) is 0 Å². The third-order valence-electron chi connectivity index (χ3n) is 6.01. The molecule has 1 N–H and O–H groups in total. The highest BCUT2D eigenvalue weighted by Crippen LogP contribution is 2.24. The number of halogens is 1. The molecule has 1 heterocycles. The van der Waals surface area contributed by atoms with E-state index >= 15 is 0 Å². The second-order valence-electron chi connectivity index (χ2n) is 10.0. The number of urea groups is 1. The number of rotatable bonds is 7. The maximum absolute atomic E-state index is 13.6. The van der Waals surface area contributed by atoms with Crippen LogP contribution < -0.4 is 5.32 Å². The Hall–Kier alpha value is -2.41. The molecular formula is C26H36FN3O2S. The molecule has 5 nitrogen and oxygen atoms in total. The Kier molecular flexibility index (Phi) is 8.51. The smallest absolute Gasteiger partial charge is 0.318 e. The van der Waals surface area contributed by atoms with Crippen LogP contribution in [0.5, 0.6) is 0 Å². The molecule has 0 atom stereocenters. The summed E-state index contributed by atoms with van der Waals surface area (Å²) >= 11 is 1.62. The lowest BCUT2D eigenvalue weighted by Gasteiger charge is -2.37. The van der Waals surface area contributed by atoms with Crippen molar-refractivity contribution in [3.63, 3.8) is 0 Å². The second-order valence-corrected chi connectivity index (χ2v) is 11.0. The molecule has 3 rings (SSSR count). The summed E-state index contributed by atoms with van der Waals surface area (Å²) in [5, 5.41) is 5.07. The van der Waals surface area contributed by atoms with Crippen molar-refractivity contribution in [2.45, 2.75) is 84.5 Å². The third-order valence-corrected chi connectivity index (χ3v) is 7.01. The molecule has 0 saturated heterocycles. The molecule has 1 aliphatic carbocycles. The summed E-state index contributed by atoms with van der Waals surface area (Å²) in [4.78, 5) is 31.4. The van der Waals surface area contributed by atoms with Crippen molar-refractivity contribution >= 4 is 23.3 Å². The lowest BCUT2D eigenvalue weighted by Crippen LogP contribution is -2.55. The van der Waals surface area contributed by atoms with Crippen LogP contribution in [0.25, 0.3) is 0 Å². The molecule has 0 aliphatic heterocycles. The average molecular weight is 474 g/mol. The van der Waals surface area contributed by atoms with E-state index in [0.717, 1.165) is 41.7 Å². The van der Waals surface area contributed by atoms with Gasteiger partial charge >= 0.3 is 6.03 Å². The van der Waals surface area contributed by atoms with Crippen molar-refractivity contribution in [3.8, 4) is 0 Å². The molecule has 0 spiro atoms. The molecule has 1 aromatic heterocycles. The number of thiophene rings is 1. The van der Waals surface area contributed by atoms with E-state index in [0.29, 0.717) is 13.1 Å². The Balaban J connectivity index is 1.81. The topological polar surface area (TPSA) is 52.7 Å². The summed E-state index contributed by atoms with van der Waals surface area (Å²) in [5.41, 5.74) is 1.63. The van der Waals surface area contributed by atoms with Crippen molar-refractivity contribution in [2.75, 3.05) is 6.54 Å². The van der Waals surface area contributed by atoms with Gasteiger partial charge in [0.1, 0.15) is 12.4 Å². The number of benzene rings is 1. The molecule has 33 heavy (non-hydrogen) atoms. The van der Waals surface area contributed by atoms with Gasteiger partial charge in [-0.3, -0.25) is 4.79 Å². The van der Waals surface area contributed by atoms with E-state index in [-0.39, 0.29) is 35.9 Å². The van der Waals surface area contributed by atoms with Gasteiger partial charge in [-0.1, -0.05) is 31.4 Å². The summed E-state index contributed by atoms with van der Waals surface area (Å²) in [5.74, 6) is -0.394. The first-order valence-corrected chi connectivity index (χ1v) is 12.6. The number of nitrogens with zero attached hydrogens (tertiary/aromatic N) is 2. The molecule has 1 aromatic carbocycles. The van der Waals surface area contributed by atoms with Crippen LogP contribution in [-0.2, 0) is 17.9 Å². The zero-order chi connectivity index (χ0) is 24.0. The number of carbonyl (C=O) groups is 2. The first-order valence-electron chi connectivity index (χ1n) is 11.8. The summed E-state index contributed by atoms with van der Waals surface area (Å²) in [6.45, 7) is 8.77. The van der Waals surface area contributed by atoms with E-state index in [1.54, 1.807) is 33.3 Å². The maximum Gasteiger partial charge on any atom is 0.318 e. The molecule has 3 amide bonds. The number of amides is 3. The molecule has 2 aromatic rings. The summed E-state index contributed by atoms with van der Waals surface area (Å²) in [6.07, 6.45) is 5.17. The van der Waals surface area contributed by atoms with E-state index in [2.05, 4.69) is 5.32 Å². The van der Waals surface area contributed by atoms with Crippen molar-refractivity contribution < 1.29 is 14.0 Å².